The molecule has 152 valence electrons. The number of nitrogens with zero attached hydrogens (tertiary/aromatic N) is 3. The molecular weight excluding hydrogens is 368 g/mol. The van der Waals surface area contributed by atoms with Gasteiger partial charge in [0.05, 0.1) is 6.07 Å². The number of carbonyl (C=O) groups excluding carboxylic acids is 2. The first kappa shape index (κ1) is 20.7. The number of nitriles is 2. The first-order chi connectivity index (χ1) is 13.9. The number of esters is 1. The summed E-state index contributed by atoms with van der Waals surface area (Å²) in [5.74, 6) is -1.36. The van der Waals surface area contributed by atoms with Gasteiger partial charge in [-0.2, -0.15) is 10.5 Å². The highest BCUT2D eigenvalue weighted by Gasteiger charge is 2.34. The van der Waals surface area contributed by atoms with Gasteiger partial charge in [0.15, 0.2) is 6.61 Å². The lowest BCUT2D eigenvalue weighted by molar-refractivity contribution is -0.144. The highest BCUT2D eigenvalue weighted by molar-refractivity contribution is 5.99. The topological polar surface area (TPSA) is 108 Å². The molecule has 29 heavy (non-hydrogen) atoms. The Kier molecular flexibility index (Phi) is 6.08. The minimum atomic E-state index is -0.879. The van der Waals surface area contributed by atoms with Crippen LogP contribution in [0.3, 0.4) is 0 Å². The molecule has 3 rings (SSSR count). The second-order valence-electron chi connectivity index (χ2n) is 7.98. The average Bonchev–Trinajstić information content (AvgIpc) is 3.50. The van der Waals surface area contributed by atoms with E-state index in [4.69, 9.17) is 4.74 Å². The molecule has 0 bridgehead atoms. The minimum absolute atomic E-state index is 0.151. The van der Waals surface area contributed by atoms with Crippen molar-refractivity contribution in [3.63, 3.8) is 0 Å². The molecule has 7 nitrogen and oxygen atoms in total. The summed E-state index contributed by atoms with van der Waals surface area (Å²) in [5, 5.41) is 21.5. The number of aryl methyl sites for hydroxylation is 1. The standard InChI is InChI=1S/C22H26N4O3/c1-15-10-17(16(2)26(15)19-6-7-19)11-18(12-23)21(28)29-13-20(27)25-22(14-24)8-4-3-5-9-22/h10-11,19H,3-9,13H2,1-2H3,(H,25,27)/b18-11+. The van der Waals surface area contributed by atoms with Crippen LogP contribution in [0.25, 0.3) is 6.08 Å². The Morgan fingerprint density at radius 3 is 2.55 bits per heavy atom. The van der Waals surface area contributed by atoms with Crippen molar-refractivity contribution in [2.24, 2.45) is 0 Å². The highest BCUT2D eigenvalue weighted by atomic mass is 16.5. The molecule has 0 aromatic carbocycles. The molecule has 0 atom stereocenters. The molecule has 0 saturated heterocycles. The van der Waals surface area contributed by atoms with Crippen LogP contribution in [0.5, 0.6) is 0 Å². The molecule has 2 aliphatic rings. The summed E-state index contributed by atoms with van der Waals surface area (Å²) in [5.41, 5.74) is 1.88. The van der Waals surface area contributed by atoms with E-state index in [1.165, 1.54) is 6.08 Å². The minimum Gasteiger partial charge on any atom is -0.451 e. The van der Waals surface area contributed by atoms with E-state index < -0.39 is 24.0 Å². The van der Waals surface area contributed by atoms with Crippen LogP contribution in [0.4, 0.5) is 0 Å². The van der Waals surface area contributed by atoms with Crippen LogP contribution in [0.15, 0.2) is 11.6 Å². The molecule has 1 N–H and O–H groups in total. The van der Waals surface area contributed by atoms with Gasteiger partial charge in [-0.15, -0.1) is 0 Å². The zero-order valence-corrected chi connectivity index (χ0v) is 17.0. The average molecular weight is 394 g/mol. The quantitative estimate of drug-likeness (QED) is 0.453. The molecule has 0 spiro atoms. The van der Waals surface area contributed by atoms with E-state index in [0.717, 1.165) is 49.1 Å². The third-order valence-electron chi connectivity index (χ3n) is 5.71. The predicted octanol–water partition coefficient (Wildman–Crippen LogP) is 3.23. The van der Waals surface area contributed by atoms with E-state index in [9.17, 15) is 20.1 Å². The Morgan fingerprint density at radius 2 is 1.97 bits per heavy atom. The SMILES string of the molecule is Cc1cc(/C=C(\C#N)C(=O)OCC(=O)NC2(C#N)CCCCC2)c(C)n1C1CC1. The van der Waals surface area contributed by atoms with Crippen LogP contribution in [-0.4, -0.2) is 28.6 Å². The smallest absolute Gasteiger partial charge is 0.349 e. The summed E-state index contributed by atoms with van der Waals surface area (Å²) < 4.78 is 7.27. The Morgan fingerprint density at radius 1 is 1.28 bits per heavy atom. The van der Waals surface area contributed by atoms with E-state index in [1.807, 2.05) is 26.0 Å². The molecule has 1 aromatic rings. The summed E-state index contributed by atoms with van der Waals surface area (Å²) in [7, 11) is 0. The van der Waals surface area contributed by atoms with Crippen molar-refractivity contribution < 1.29 is 14.3 Å². The Balaban J connectivity index is 1.62. The van der Waals surface area contributed by atoms with Crippen molar-refractivity contribution in [1.82, 2.24) is 9.88 Å². The Bertz CT molecular complexity index is 919. The Hall–Kier alpha value is -3.06. The van der Waals surface area contributed by atoms with Crippen LogP contribution < -0.4 is 5.32 Å². The molecule has 1 heterocycles. The van der Waals surface area contributed by atoms with Crippen molar-refractivity contribution in [1.29, 1.82) is 10.5 Å². The molecule has 2 fully saturated rings. The normalized spacial score (nSPS) is 18.4. The summed E-state index contributed by atoms with van der Waals surface area (Å²) in [4.78, 5) is 24.5. The van der Waals surface area contributed by atoms with Crippen molar-refractivity contribution in [3.05, 3.63) is 28.6 Å². The molecule has 1 amide bonds. The second-order valence-corrected chi connectivity index (χ2v) is 7.98. The first-order valence-electron chi connectivity index (χ1n) is 10.1. The molecule has 0 radical (unpaired) electrons. The van der Waals surface area contributed by atoms with Crippen LogP contribution >= 0.6 is 0 Å². The molecule has 0 unspecified atom stereocenters. The van der Waals surface area contributed by atoms with E-state index in [1.54, 1.807) is 0 Å². The van der Waals surface area contributed by atoms with Crippen LogP contribution in [0.2, 0.25) is 0 Å². The van der Waals surface area contributed by atoms with E-state index >= 15 is 0 Å². The van der Waals surface area contributed by atoms with Gasteiger partial charge in [0.25, 0.3) is 5.91 Å². The number of hydrogen-bond donors (Lipinski definition) is 1. The third kappa shape index (κ3) is 4.68. The molecule has 1 aromatic heterocycles. The van der Waals surface area contributed by atoms with Gasteiger partial charge in [-0.1, -0.05) is 19.3 Å². The highest BCUT2D eigenvalue weighted by Crippen LogP contribution is 2.38. The predicted molar refractivity (Wildman–Crippen MR) is 106 cm³/mol. The number of carbonyl (C=O) groups is 2. The summed E-state index contributed by atoms with van der Waals surface area (Å²) in [6.45, 7) is 3.46. The van der Waals surface area contributed by atoms with Gasteiger partial charge in [0, 0.05) is 17.4 Å². The summed E-state index contributed by atoms with van der Waals surface area (Å²) in [6, 6.07) is 6.51. The van der Waals surface area contributed by atoms with Crippen molar-refractivity contribution in [2.75, 3.05) is 6.61 Å². The van der Waals surface area contributed by atoms with Crippen LogP contribution in [0.1, 0.15) is 67.9 Å². The number of aromatic nitrogens is 1. The zero-order chi connectivity index (χ0) is 21.0. The maximum atomic E-state index is 12.3. The van der Waals surface area contributed by atoms with Gasteiger partial charge in [-0.3, -0.25) is 4.79 Å². The number of rotatable bonds is 6. The van der Waals surface area contributed by atoms with E-state index in [2.05, 4.69) is 16.0 Å². The maximum absolute atomic E-state index is 12.3. The Labute approximate surface area is 170 Å². The summed E-state index contributed by atoms with van der Waals surface area (Å²) >= 11 is 0. The van der Waals surface area contributed by atoms with Crippen molar-refractivity contribution in [3.8, 4) is 12.1 Å². The van der Waals surface area contributed by atoms with E-state index in [-0.39, 0.29) is 5.57 Å². The fourth-order valence-corrected chi connectivity index (χ4v) is 4.07. The van der Waals surface area contributed by atoms with Gasteiger partial charge in [-0.05, 0) is 57.2 Å². The van der Waals surface area contributed by atoms with Gasteiger partial charge < -0.3 is 14.6 Å². The lowest BCUT2D eigenvalue weighted by atomic mass is 9.83. The van der Waals surface area contributed by atoms with Gasteiger partial charge in [0.2, 0.25) is 0 Å². The molecule has 7 heteroatoms. The van der Waals surface area contributed by atoms with Gasteiger partial charge in [-0.25, -0.2) is 4.79 Å². The molecule has 2 saturated carbocycles. The first-order valence-corrected chi connectivity index (χ1v) is 10.1. The molecule has 2 aliphatic carbocycles. The third-order valence-corrected chi connectivity index (χ3v) is 5.71. The molecule has 0 aliphatic heterocycles. The maximum Gasteiger partial charge on any atom is 0.349 e. The summed E-state index contributed by atoms with van der Waals surface area (Å²) in [6.07, 6.45) is 7.82. The fourth-order valence-electron chi connectivity index (χ4n) is 4.07. The molecular formula is C22H26N4O3. The number of nitrogens with one attached hydrogen (secondary N) is 1. The monoisotopic (exact) mass is 394 g/mol. The van der Waals surface area contributed by atoms with Crippen molar-refractivity contribution >= 4 is 18.0 Å². The van der Waals surface area contributed by atoms with Crippen LogP contribution in [-0.2, 0) is 14.3 Å². The number of amides is 1. The zero-order valence-electron chi connectivity index (χ0n) is 17.0. The van der Waals surface area contributed by atoms with Gasteiger partial charge in [0.1, 0.15) is 17.2 Å². The lowest BCUT2D eigenvalue weighted by Crippen LogP contribution is -2.50. The second kappa shape index (κ2) is 8.53. The number of ether oxygens (including phenoxy) is 1. The largest absolute Gasteiger partial charge is 0.451 e. The fraction of sp³-hybridized carbons (Fsp3) is 0.545. The van der Waals surface area contributed by atoms with Gasteiger partial charge >= 0.3 is 5.97 Å². The number of hydrogen-bond acceptors (Lipinski definition) is 5. The van der Waals surface area contributed by atoms with Crippen molar-refractivity contribution in [2.45, 2.75) is 70.4 Å². The lowest BCUT2D eigenvalue weighted by Gasteiger charge is -2.31. The van der Waals surface area contributed by atoms with Crippen LogP contribution in [0, 0.1) is 36.5 Å². The van der Waals surface area contributed by atoms with E-state index in [0.29, 0.717) is 18.9 Å².